The lowest BCUT2D eigenvalue weighted by molar-refractivity contribution is 0.209. The van der Waals surface area contributed by atoms with Gasteiger partial charge in [-0.2, -0.15) is 5.10 Å². The van der Waals surface area contributed by atoms with Gasteiger partial charge in [0.25, 0.3) is 0 Å². The molecule has 2 N–H and O–H groups in total. The highest BCUT2D eigenvalue weighted by atomic mass is 79.9. The Kier molecular flexibility index (Phi) is 2.45. The minimum atomic E-state index is -1.07. The first-order valence-electron chi connectivity index (χ1n) is 4.38. The summed E-state index contributed by atoms with van der Waals surface area (Å²) in [4.78, 5) is 10.5. The number of hydrogen-bond acceptors (Lipinski definition) is 2. The van der Waals surface area contributed by atoms with Gasteiger partial charge in [-0.25, -0.2) is 9.48 Å². The summed E-state index contributed by atoms with van der Waals surface area (Å²) in [6.45, 7) is 0.793. The number of aromatic nitrogens is 2. The van der Waals surface area contributed by atoms with Gasteiger partial charge in [-0.15, -0.1) is 0 Å². The van der Waals surface area contributed by atoms with Crippen molar-refractivity contribution < 1.29 is 9.90 Å². The lowest BCUT2D eigenvalue weighted by Gasteiger charge is -2.05. The zero-order chi connectivity index (χ0) is 10.1. The molecule has 6 heteroatoms. The van der Waals surface area contributed by atoms with E-state index in [1.165, 1.54) is 12.8 Å². The van der Waals surface area contributed by atoms with E-state index in [2.05, 4.69) is 26.3 Å². The summed E-state index contributed by atoms with van der Waals surface area (Å²) < 4.78 is 2.37. The van der Waals surface area contributed by atoms with Crippen molar-refractivity contribution in [3.05, 3.63) is 10.7 Å². The number of hydrogen-bond donors (Lipinski definition) is 2. The summed E-state index contributed by atoms with van der Waals surface area (Å²) in [5.74, 6) is 1.18. The Balaban J connectivity index is 2.15. The van der Waals surface area contributed by atoms with Gasteiger partial charge in [-0.1, -0.05) is 0 Å². The van der Waals surface area contributed by atoms with Crippen LogP contribution in [0.2, 0.25) is 0 Å². The number of carboxylic acid groups (broad SMARTS) is 1. The van der Waals surface area contributed by atoms with Crippen LogP contribution in [0.3, 0.4) is 0 Å². The van der Waals surface area contributed by atoms with Crippen LogP contribution in [0.4, 0.5) is 10.6 Å². The van der Waals surface area contributed by atoms with Gasteiger partial charge in [0, 0.05) is 6.54 Å². The summed E-state index contributed by atoms with van der Waals surface area (Å²) >= 11 is 3.25. The lowest BCUT2D eigenvalue weighted by Crippen LogP contribution is -2.14. The highest BCUT2D eigenvalue weighted by Gasteiger charge is 2.24. The molecule has 5 nitrogen and oxygen atoms in total. The molecule has 1 aliphatic carbocycles. The van der Waals surface area contributed by atoms with E-state index in [1.807, 2.05) is 0 Å². The van der Waals surface area contributed by atoms with E-state index in [4.69, 9.17) is 5.11 Å². The Morgan fingerprint density at radius 2 is 2.50 bits per heavy atom. The maximum absolute atomic E-state index is 10.5. The lowest BCUT2D eigenvalue weighted by atomic mass is 10.4. The number of carbonyl (C=O) groups is 1. The van der Waals surface area contributed by atoms with E-state index in [0.29, 0.717) is 16.2 Å². The van der Waals surface area contributed by atoms with E-state index >= 15 is 0 Å². The van der Waals surface area contributed by atoms with Gasteiger partial charge in [0.2, 0.25) is 0 Å². The molecule has 1 aromatic heterocycles. The smallest absolute Gasteiger partial charge is 0.410 e. The molecule has 1 saturated carbocycles. The molecule has 76 valence electrons. The summed E-state index contributed by atoms with van der Waals surface area (Å²) in [5.41, 5.74) is 0. The number of halogens is 1. The molecule has 0 saturated heterocycles. The van der Waals surface area contributed by atoms with Crippen molar-refractivity contribution in [2.24, 2.45) is 5.92 Å². The standard InChI is InChI=1S/C8H10BrN3O2/c9-6-3-10-12(4-5-1-2-5)7(6)11-8(13)14/h3,5,11H,1-2,4H2,(H,13,14). The van der Waals surface area contributed by atoms with Crippen LogP contribution in [0, 0.1) is 5.92 Å². The van der Waals surface area contributed by atoms with E-state index in [1.54, 1.807) is 10.9 Å². The molecule has 0 radical (unpaired) electrons. The summed E-state index contributed by atoms with van der Waals surface area (Å²) in [6.07, 6.45) is 2.96. The van der Waals surface area contributed by atoms with Gasteiger partial charge in [-0.05, 0) is 34.7 Å². The predicted octanol–water partition coefficient (Wildman–Crippen LogP) is 2.15. The second-order valence-electron chi connectivity index (χ2n) is 3.40. The predicted molar refractivity (Wildman–Crippen MR) is 54.3 cm³/mol. The van der Waals surface area contributed by atoms with Crippen LogP contribution in [-0.4, -0.2) is 21.0 Å². The minimum absolute atomic E-state index is 0.518. The van der Waals surface area contributed by atoms with Gasteiger partial charge < -0.3 is 5.11 Å². The van der Waals surface area contributed by atoms with Crippen molar-refractivity contribution in [1.82, 2.24) is 9.78 Å². The molecule has 0 aromatic carbocycles. The summed E-state index contributed by atoms with van der Waals surface area (Å²) in [6, 6.07) is 0. The fourth-order valence-electron chi connectivity index (χ4n) is 1.27. The molecule has 14 heavy (non-hydrogen) atoms. The zero-order valence-electron chi connectivity index (χ0n) is 7.40. The number of nitrogens with zero attached hydrogens (tertiary/aromatic N) is 2. The molecular formula is C8H10BrN3O2. The second kappa shape index (κ2) is 3.61. The van der Waals surface area contributed by atoms with Crippen molar-refractivity contribution >= 4 is 27.8 Å². The van der Waals surface area contributed by atoms with E-state index in [0.717, 1.165) is 6.54 Å². The van der Waals surface area contributed by atoms with Crippen LogP contribution in [0.5, 0.6) is 0 Å². The molecule has 0 aliphatic heterocycles. The minimum Gasteiger partial charge on any atom is -0.465 e. The zero-order valence-corrected chi connectivity index (χ0v) is 8.99. The maximum atomic E-state index is 10.5. The molecule has 1 heterocycles. The largest absolute Gasteiger partial charge is 0.465 e. The normalized spacial score (nSPS) is 15.5. The molecule has 1 fully saturated rings. The van der Waals surface area contributed by atoms with Crippen molar-refractivity contribution in [2.45, 2.75) is 19.4 Å². The van der Waals surface area contributed by atoms with Crippen LogP contribution in [-0.2, 0) is 6.54 Å². The topological polar surface area (TPSA) is 67.2 Å². The Morgan fingerprint density at radius 3 is 3.07 bits per heavy atom. The highest BCUT2D eigenvalue weighted by molar-refractivity contribution is 9.10. The number of amides is 1. The van der Waals surface area contributed by atoms with Crippen molar-refractivity contribution in [2.75, 3.05) is 5.32 Å². The molecule has 1 aromatic rings. The van der Waals surface area contributed by atoms with E-state index < -0.39 is 6.09 Å². The molecule has 1 amide bonds. The quantitative estimate of drug-likeness (QED) is 0.874. The van der Waals surface area contributed by atoms with E-state index in [9.17, 15) is 4.79 Å². The van der Waals surface area contributed by atoms with Gasteiger partial charge in [0.1, 0.15) is 5.82 Å². The molecule has 0 unspecified atom stereocenters. The van der Waals surface area contributed by atoms with Crippen LogP contribution < -0.4 is 5.32 Å². The third kappa shape index (κ3) is 2.06. The maximum Gasteiger partial charge on any atom is 0.410 e. The first kappa shape index (κ1) is 9.51. The highest BCUT2D eigenvalue weighted by Crippen LogP contribution is 2.32. The van der Waals surface area contributed by atoms with Gasteiger partial charge >= 0.3 is 6.09 Å². The molecule has 0 atom stereocenters. The fourth-order valence-corrected chi connectivity index (χ4v) is 1.67. The van der Waals surface area contributed by atoms with Gasteiger partial charge in [-0.3, -0.25) is 5.32 Å². The fraction of sp³-hybridized carbons (Fsp3) is 0.500. The molecular weight excluding hydrogens is 250 g/mol. The second-order valence-corrected chi connectivity index (χ2v) is 4.25. The number of rotatable bonds is 3. The van der Waals surface area contributed by atoms with Crippen LogP contribution >= 0.6 is 15.9 Å². The number of nitrogens with one attached hydrogen (secondary N) is 1. The third-order valence-electron chi connectivity index (χ3n) is 2.15. The SMILES string of the molecule is O=C(O)Nc1c(Br)cnn1CC1CC1. The molecule has 0 bridgehead atoms. The van der Waals surface area contributed by atoms with E-state index in [-0.39, 0.29) is 0 Å². The van der Waals surface area contributed by atoms with Crippen LogP contribution in [0.1, 0.15) is 12.8 Å². The van der Waals surface area contributed by atoms with Crippen molar-refractivity contribution in [1.29, 1.82) is 0 Å². The van der Waals surface area contributed by atoms with Crippen molar-refractivity contribution in [3.8, 4) is 0 Å². The Hall–Kier alpha value is -1.04. The molecule has 2 rings (SSSR count). The Morgan fingerprint density at radius 1 is 1.79 bits per heavy atom. The Labute approximate surface area is 89.2 Å². The van der Waals surface area contributed by atoms with Gasteiger partial charge in [0.05, 0.1) is 10.7 Å². The first-order chi connectivity index (χ1) is 6.66. The van der Waals surface area contributed by atoms with Gasteiger partial charge in [0.15, 0.2) is 0 Å². The summed E-state index contributed by atoms with van der Waals surface area (Å²) in [5, 5.41) is 15.0. The summed E-state index contributed by atoms with van der Waals surface area (Å²) in [7, 11) is 0. The molecule has 0 spiro atoms. The third-order valence-corrected chi connectivity index (χ3v) is 2.73. The first-order valence-corrected chi connectivity index (χ1v) is 5.17. The Bertz CT molecular complexity index is 359. The van der Waals surface area contributed by atoms with Crippen LogP contribution in [0.25, 0.3) is 0 Å². The van der Waals surface area contributed by atoms with Crippen LogP contribution in [0.15, 0.2) is 10.7 Å². The number of anilines is 1. The van der Waals surface area contributed by atoms with Crippen molar-refractivity contribution in [3.63, 3.8) is 0 Å². The molecule has 1 aliphatic rings. The monoisotopic (exact) mass is 259 g/mol. The average Bonchev–Trinajstić information content (AvgIpc) is 2.85. The average molecular weight is 260 g/mol.